The number of nitrogens with zero attached hydrogens (tertiary/aromatic N) is 1. The maximum absolute atomic E-state index is 11.2. The highest BCUT2D eigenvalue weighted by atomic mass is 79.9. The Bertz CT molecular complexity index is 572. The fraction of sp³-hybridized carbons (Fsp3) is 0.545. The number of nitrogen functional groups attached to an aromatic ring is 1. The molecule has 1 heterocycles. The molecule has 0 spiro atoms. The van der Waals surface area contributed by atoms with Crippen molar-refractivity contribution in [1.82, 2.24) is 9.71 Å². The lowest BCUT2D eigenvalue weighted by atomic mass is 10.1. The first kappa shape index (κ1) is 16.2. The number of anilines is 2. The predicted molar refractivity (Wildman–Crippen MR) is 81.6 cm³/mol. The zero-order chi connectivity index (χ0) is 14.8. The molecule has 0 saturated carbocycles. The van der Waals surface area contributed by atoms with Crippen LogP contribution in [-0.4, -0.2) is 31.7 Å². The van der Waals surface area contributed by atoms with Gasteiger partial charge >= 0.3 is 0 Å². The van der Waals surface area contributed by atoms with Crippen molar-refractivity contribution in [3.05, 3.63) is 16.2 Å². The molecule has 1 aromatic heterocycles. The van der Waals surface area contributed by atoms with Gasteiger partial charge in [0.1, 0.15) is 5.82 Å². The second-order valence-corrected chi connectivity index (χ2v) is 7.65. The largest absolute Gasteiger partial charge is 0.397 e. The molecule has 0 aromatic carbocycles. The molecule has 0 unspecified atom stereocenters. The number of nitrogens with two attached hydrogens (primary N) is 1. The highest BCUT2D eigenvalue weighted by Crippen LogP contribution is 2.27. The van der Waals surface area contributed by atoms with E-state index in [1.807, 2.05) is 6.92 Å². The van der Waals surface area contributed by atoms with Crippen molar-refractivity contribution in [1.29, 1.82) is 0 Å². The molecule has 0 fully saturated rings. The lowest BCUT2D eigenvalue weighted by Gasteiger charge is -2.26. The Kier molecular flexibility index (Phi) is 4.81. The van der Waals surface area contributed by atoms with Crippen molar-refractivity contribution in [2.75, 3.05) is 23.9 Å². The van der Waals surface area contributed by atoms with Crippen LogP contribution in [0.3, 0.4) is 0 Å². The SMILES string of the molecule is Cc1c(N)cnc(NCC(C)(C)NS(C)(=O)=O)c1Br. The van der Waals surface area contributed by atoms with Gasteiger partial charge in [-0.05, 0) is 42.3 Å². The van der Waals surface area contributed by atoms with E-state index in [-0.39, 0.29) is 0 Å². The van der Waals surface area contributed by atoms with Crippen LogP contribution in [0, 0.1) is 6.92 Å². The number of hydrogen-bond donors (Lipinski definition) is 3. The van der Waals surface area contributed by atoms with Gasteiger partial charge in [0.25, 0.3) is 0 Å². The summed E-state index contributed by atoms with van der Waals surface area (Å²) >= 11 is 3.42. The summed E-state index contributed by atoms with van der Waals surface area (Å²) in [7, 11) is -3.25. The van der Waals surface area contributed by atoms with Crippen molar-refractivity contribution in [2.24, 2.45) is 0 Å². The van der Waals surface area contributed by atoms with Crippen LogP contribution in [0.15, 0.2) is 10.7 Å². The van der Waals surface area contributed by atoms with Crippen LogP contribution in [-0.2, 0) is 10.0 Å². The van der Waals surface area contributed by atoms with Crippen LogP contribution in [0.5, 0.6) is 0 Å². The highest BCUT2D eigenvalue weighted by molar-refractivity contribution is 9.10. The van der Waals surface area contributed by atoms with Crippen molar-refractivity contribution in [2.45, 2.75) is 26.3 Å². The molecule has 4 N–H and O–H groups in total. The van der Waals surface area contributed by atoms with E-state index in [1.54, 1.807) is 20.0 Å². The lowest BCUT2D eigenvalue weighted by Crippen LogP contribution is -2.47. The molecule has 0 bridgehead atoms. The first-order chi connectivity index (χ1) is 8.52. The molecule has 0 aliphatic heterocycles. The Labute approximate surface area is 122 Å². The summed E-state index contributed by atoms with van der Waals surface area (Å²) in [5, 5.41) is 3.10. The van der Waals surface area contributed by atoms with E-state index in [4.69, 9.17) is 5.73 Å². The molecule has 6 nitrogen and oxygen atoms in total. The Morgan fingerprint density at radius 2 is 2.05 bits per heavy atom. The van der Waals surface area contributed by atoms with Crippen molar-refractivity contribution in [3.63, 3.8) is 0 Å². The van der Waals surface area contributed by atoms with Gasteiger partial charge in [-0.3, -0.25) is 0 Å². The number of nitrogens with one attached hydrogen (secondary N) is 2. The first-order valence-corrected chi connectivity index (χ1v) is 8.34. The molecule has 0 amide bonds. The van der Waals surface area contributed by atoms with Gasteiger partial charge in [-0.15, -0.1) is 0 Å². The second-order valence-electron chi connectivity index (χ2n) is 5.11. The third-order valence-corrected chi connectivity index (χ3v) is 4.36. The van der Waals surface area contributed by atoms with Crippen LogP contribution in [0.1, 0.15) is 19.4 Å². The number of halogens is 1. The van der Waals surface area contributed by atoms with Crippen LogP contribution >= 0.6 is 15.9 Å². The number of sulfonamides is 1. The molecule has 8 heteroatoms. The van der Waals surface area contributed by atoms with E-state index in [0.29, 0.717) is 18.1 Å². The molecule has 19 heavy (non-hydrogen) atoms. The normalized spacial score (nSPS) is 12.5. The molecule has 0 aliphatic rings. The van der Waals surface area contributed by atoms with Gasteiger partial charge in [0.05, 0.1) is 22.6 Å². The van der Waals surface area contributed by atoms with E-state index in [9.17, 15) is 8.42 Å². The second kappa shape index (κ2) is 5.64. The lowest BCUT2D eigenvalue weighted by molar-refractivity contribution is 0.476. The smallest absolute Gasteiger partial charge is 0.209 e. The maximum Gasteiger partial charge on any atom is 0.209 e. The van der Waals surface area contributed by atoms with Crippen molar-refractivity contribution >= 4 is 37.5 Å². The number of aromatic nitrogens is 1. The minimum absolute atomic E-state index is 0.398. The van der Waals surface area contributed by atoms with Crippen LogP contribution in [0.2, 0.25) is 0 Å². The summed E-state index contributed by atoms with van der Waals surface area (Å²) in [6.45, 7) is 5.86. The minimum atomic E-state index is -3.25. The van der Waals surface area contributed by atoms with E-state index in [1.165, 1.54) is 0 Å². The van der Waals surface area contributed by atoms with E-state index in [0.717, 1.165) is 16.3 Å². The molecular formula is C11H19BrN4O2S. The van der Waals surface area contributed by atoms with Crippen molar-refractivity contribution < 1.29 is 8.42 Å². The van der Waals surface area contributed by atoms with Gasteiger partial charge in [0.15, 0.2) is 0 Å². The van der Waals surface area contributed by atoms with Gasteiger partial charge in [0, 0.05) is 12.1 Å². The van der Waals surface area contributed by atoms with E-state index in [2.05, 4.69) is 31.0 Å². The van der Waals surface area contributed by atoms with E-state index < -0.39 is 15.6 Å². The zero-order valence-electron chi connectivity index (χ0n) is 11.4. The third kappa shape index (κ3) is 4.96. The van der Waals surface area contributed by atoms with Gasteiger partial charge in [0.2, 0.25) is 10.0 Å². The summed E-state index contributed by atoms with van der Waals surface area (Å²) in [5.41, 5.74) is 6.62. The van der Waals surface area contributed by atoms with E-state index >= 15 is 0 Å². The minimum Gasteiger partial charge on any atom is -0.397 e. The average Bonchev–Trinajstić information content (AvgIpc) is 2.21. The van der Waals surface area contributed by atoms with Crippen LogP contribution in [0.25, 0.3) is 0 Å². The monoisotopic (exact) mass is 350 g/mol. The summed E-state index contributed by atoms with van der Waals surface area (Å²) in [4.78, 5) is 4.18. The molecule has 1 rings (SSSR count). The molecular weight excluding hydrogens is 332 g/mol. The van der Waals surface area contributed by atoms with Crippen molar-refractivity contribution in [3.8, 4) is 0 Å². The number of rotatable bonds is 5. The Morgan fingerprint density at radius 3 is 2.58 bits per heavy atom. The van der Waals surface area contributed by atoms with Crippen LogP contribution in [0.4, 0.5) is 11.5 Å². The summed E-state index contributed by atoms with van der Waals surface area (Å²) in [5.74, 6) is 0.634. The van der Waals surface area contributed by atoms with Gasteiger partial charge < -0.3 is 11.1 Å². The van der Waals surface area contributed by atoms with Gasteiger partial charge in [-0.25, -0.2) is 18.1 Å². The fourth-order valence-electron chi connectivity index (χ4n) is 1.56. The topological polar surface area (TPSA) is 97.1 Å². The molecule has 108 valence electrons. The first-order valence-electron chi connectivity index (χ1n) is 5.65. The number of pyridine rings is 1. The van der Waals surface area contributed by atoms with Gasteiger partial charge in [-0.2, -0.15) is 0 Å². The highest BCUT2D eigenvalue weighted by Gasteiger charge is 2.22. The predicted octanol–water partition coefficient (Wildman–Crippen LogP) is 1.47. The Hall–Kier alpha value is -0.860. The quantitative estimate of drug-likeness (QED) is 0.747. The summed E-state index contributed by atoms with van der Waals surface area (Å²) < 4.78 is 25.8. The average molecular weight is 351 g/mol. The summed E-state index contributed by atoms with van der Waals surface area (Å²) in [6.07, 6.45) is 2.70. The standard InChI is InChI=1S/C11H19BrN4O2S/c1-7-8(13)5-14-10(9(7)12)15-6-11(2,3)16-19(4,17)18/h5,16H,6,13H2,1-4H3,(H,14,15). The maximum atomic E-state index is 11.2. The summed E-state index contributed by atoms with van der Waals surface area (Å²) in [6, 6.07) is 0. The van der Waals surface area contributed by atoms with Crippen LogP contribution < -0.4 is 15.8 Å². The van der Waals surface area contributed by atoms with Gasteiger partial charge in [-0.1, -0.05) is 0 Å². The Morgan fingerprint density at radius 1 is 1.47 bits per heavy atom. The zero-order valence-corrected chi connectivity index (χ0v) is 13.8. The fourth-order valence-corrected chi connectivity index (χ4v) is 3.11. The molecule has 0 aliphatic carbocycles. The molecule has 0 atom stereocenters. The molecule has 1 aromatic rings. The third-order valence-electron chi connectivity index (χ3n) is 2.46. The molecule has 0 saturated heterocycles. The molecule has 0 radical (unpaired) electrons. The number of hydrogen-bond acceptors (Lipinski definition) is 5. The Balaban J connectivity index is 2.80.